The van der Waals surface area contributed by atoms with E-state index in [0.29, 0.717) is 6.42 Å². The summed E-state index contributed by atoms with van der Waals surface area (Å²) >= 11 is 1.68. The van der Waals surface area contributed by atoms with Gasteiger partial charge in [0.2, 0.25) is 5.91 Å². The van der Waals surface area contributed by atoms with Gasteiger partial charge in [-0.3, -0.25) is 4.79 Å². The first-order valence-electron chi connectivity index (χ1n) is 8.84. The van der Waals surface area contributed by atoms with Crippen LogP contribution in [0.4, 0.5) is 0 Å². The van der Waals surface area contributed by atoms with Crippen LogP contribution in [0.15, 0.2) is 70.7 Å². The molecular formula is C22H20N2OS. The van der Waals surface area contributed by atoms with E-state index in [1.807, 2.05) is 18.2 Å². The number of amides is 1. The maximum Gasteiger partial charge on any atom is 0.240 e. The van der Waals surface area contributed by atoms with Gasteiger partial charge in [0.25, 0.3) is 0 Å². The Bertz CT molecular complexity index is 956. The SMILES string of the molecule is O=C(CCSc1ccccc1)N/N=C/c1ccc2c3c(cccc13)CC2. The lowest BCUT2D eigenvalue weighted by Crippen LogP contribution is -2.17. The van der Waals surface area contributed by atoms with Crippen LogP contribution in [0.25, 0.3) is 10.8 Å². The molecule has 3 aromatic carbocycles. The molecule has 4 rings (SSSR count). The second kappa shape index (κ2) is 7.75. The minimum Gasteiger partial charge on any atom is -0.273 e. The molecule has 0 radical (unpaired) electrons. The number of carbonyl (C=O) groups is 1. The fourth-order valence-electron chi connectivity index (χ4n) is 3.39. The lowest BCUT2D eigenvalue weighted by Gasteiger charge is -2.05. The van der Waals surface area contributed by atoms with Gasteiger partial charge in [0.1, 0.15) is 0 Å². The van der Waals surface area contributed by atoms with Crippen LogP contribution in [0.2, 0.25) is 0 Å². The molecule has 3 nitrogen and oxygen atoms in total. The van der Waals surface area contributed by atoms with E-state index < -0.39 is 0 Å². The van der Waals surface area contributed by atoms with Gasteiger partial charge in [0.05, 0.1) is 6.21 Å². The molecule has 0 saturated heterocycles. The van der Waals surface area contributed by atoms with Crippen molar-refractivity contribution in [2.75, 3.05) is 5.75 Å². The molecule has 0 heterocycles. The summed E-state index contributed by atoms with van der Waals surface area (Å²) in [6, 6.07) is 20.8. The van der Waals surface area contributed by atoms with E-state index in [2.05, 4.69) is 53.0 Å². The van der Waals surface area contributed by atoms with Gasteiger partial charge in [-0.15, -0.1) is 11.8 Å². The van der Waals surface area contributed by atoms with Gasteiger partial charge in [0, 0.05) is 22.6 Å². The Morgan fingerprint density at radius 2 is 1.81 bits per heavy atom. The van der Waals surface area contributed by atoms with Gasteiger partial charge < -0.3 is 0 Å². The van der Waals surface area contributed by atoms with Crippen LogP contribution in [0.3, 0.4) is 0 Å². The summed E-state index contributed by atoms with van der Waals surface area (Å²) in [7, 11) is 0. The molecule has 0 aliphatic heterocycles. The second-order valence-electron chi connectivity index (χ2n) is 6.36. The van der Waals surface area contributed by atoms with Crippen molar-refractivity contribution in [3.05, 3.63) is 77.4 Å². The molecule has 1 aliphatic carbocycles. The van der Waals surface area contributed by atoms with E-state index in [0.717, 1.165) is 24.2 Å². The maximum atomic E-state index is 12.0. The Hall–Kier alpha value is -2.59. The molecule has 0 fully saturated rings. The van der Waals surface area contributed by atoms with Crippen molar-refractivity contribution in [3.8, 4) is 0 Å². The predicted molar refractivity (Wildman–Crippen MR) is 109 cm³/mol. The molecule has 0 saturated carbocycles. The normalized spacial score (nSPS) is 12.8. The molecule has 130 valence electrons. The molecule has 0 bridgehead atoms. The van der Waals surface area contributed by atoms with Crippen molar-refractivity contribution < 1.29 is 4.79 Å². The van der Waals surface area contributed by atoms with E-state index in [4.69, 9.17) is 0 Å². The van der Waals surface area contributed by atoms with E-state index in [1.165, 1.54) is 26.8 Å². The number of hydrazone groups is 1. The van der Waals surface area contributed by atoms with Crippen LogP contribution in [-0.4, -0.2) is 17.9 Å². The zero-order valence-electron chi connectivity index (χ0n) is 14.4. The number of rotatable bonds is 6. The van der Waals surface area contributed by atoms with Crippen molar-refractivity contribution in [2.24, 2.45) is 5.10 Å². The van der Waals surface area contributed by atoms with Crippen LogP contribution in [0.5, 0.6) is 0 Å². The molecule has 0 aromatic heterocycles. The number of hydrogen-bond acceptors (Lipinski definition) is 3. The summed E-state index contributed by atoms with van der Waals surface area (Å²) in [5.41, 5.74) is 6.52. The molecule has 0 unspecified atom stereocenters. The highest BCUT2D eigenvalue weighted by molar-refractivity contribution is 7.99. The number of hydrogen-bond donors (Lipinski definition) is 1. The van der Waals surface area contributed by atoms with E-state index in [9.17, 15) is 4.79 Å². The van der Waals surface area contributed by atoms with Gasteiger partial charge in [-0.1, -0.05) is 48.5 Å². The molecule has 1 aliphatic rings. The third-order valence-electron chi connectivity index (χ3n) is 4.64. The molecule has 1 amide bonds. The minimum atomic E-state index is -0.0596. The van der Waals surface area contributed by atoms with Crippen molar-refractivity contribution in [2.45, 2.75) is 24.2 Å². The third-order valence-corrected chi connectivity index (χ3v) is 5.66. The Balaban J connectivity index is 1.36. The fraction of sp³-hybridized carbons (Fsp3) is 0.182. The zero-order valence-corrected chi connectivity index (χ0v) is 15.3. The lowest BCUT2D eigenvalue weighted by molar-refractivity contribution is -0.120. The standard InChI is InChI=1S/C22H20N2OS/c25-21(13-14-26-19-6-2-1-3-7-19)24-23-15-18-12-11-17-10-9-16-5-4-8-20(18)22(16)17/h1-8,11-12,15H,9-10,13-14H2,(H,24,25)/b23-15+. The predicted octanol–water partition coefficient (Wildman–Crippen LogP) is 4.57. The highest BCUT2D eigenvalue weighted by Crippen LogP contribution is 2.32. The van der Waals surface area contributed by atoms with Crippen LogP contribution in [0.1, 0.15) is 23.1 Å². The van der Waals surface area contributed by atoms with Crippen LogP contribution >= 0.6 is 11.8 Å². The summed E-state index contributed by atoms with van der Waals surface area (Å²) in [5.74, 6) is 0.683. The molecule has 1 N–H and O–H groups in total. The highest BCUT2D eigenvalue weighted by atomic mass is 32.2. The topological polar surface area (TPSA) is 41.5 Å². The lowest BCUT2D eigenvalue weighted by atomic mass is 10.0. The molecule has 3 aromatic rings. The summed E-state index contributed by atoms with van der Waals surface area (Å²) in [6.07, 6.45) is 4.43. The Morgan fingerprint density at radius 3 is 2.65 bits per heavy atom. The van der Waals surface area contributed by atoms with Crippen LogP contribution in [0, 0.1) is 0 Å². The number of carbonyl (C=O) groups excluding carboxylic acids is 1. The van der Waals surface area contributed by atoms with E-state index in [1.54, 1.807) is 18.0 Å². The number of nitrogens with zero attached hydrogens (tertiary/aromatic N) is 1. The van der Waals surface area contributed by atoms with E-state index in [-0.39, 0.29) is 5.91 Å². The Labute approximate surface area is 157 Å². The maximum absolute atomic E-state index is 12.0. The quantitative estimate of drug-likeness (QED) is 0.397. The summed E-state index contributed by atoms with van der Waals surface area (Å²) < 4.78 is 0. The largest absolute Gasteiger partial charge is 0.273 e. The Kier molecular flexibility index (Phi) is 5.02. The van der Waals surface area contributed by atoms with Gasteiger partial charge in [0.15, 0.2) is 0 Å². The first kappa shape index (κ1) is 16.9. The number of aryl methyl sites for hydroxylation is 2. The number of benzene rings is 3. The first-order valence-corrected chi connectivity index (χ1v) is 9.83. The van der Waals surface area contributed by atoms with Gasteiger partial charge >= 0.3 is 0 Å². The summed E-state index contributed by atoms with van der Waals surface area (Å²) in [4.78, 5) is 13.1. The van der Waals surface area contributed by atoms with Crippen molar-refractivity contribution in [1.29, 1.82) is 0 Å². The van der Waals surface area contributed by atoms with E-state index >= 15 is 0 Å². The zero-order chi connectivity index (χ0) is 17.8. The first-order chi connectivity index (χ1) is 12.8. The van der Waals surface area contributed by atoms with Gasteiger partial charge in [-0.25, -0.2) is 5.43 Å². The molecule has 0 atom stereocenters. The molecule has 4 heteroatoms. The fourth-order valence-corrected chi connectivity index (χ4v) is 4.26. The smallest absolute Gasteiger partial charge is 0.240 e. The van der Waals surface area contributed by atoms with Gasteiger partial charge in [-0.2, -0.15) is 5.10 Å². The van der Waals surface area contributed by atoms with Crippen LogP contribution < -0.4 is 5.43 Å². The average Bonchev–Trinajstić information content (AvgIpc) is 3.09. The minimum absolute atomic E-state index is 0.0596. The summed E-state index contributed by atoms with van der Waals surface area (Å²) in [6.45, 7) is 0. The second-order valence-corrected chi connectivity index (χ2v) is 7.53. The summed E-state index contributed by atoms with van der Waals surface area (Å²) in [5, 5.41) is 6.74. The molecular weight excluding hydrogens is 340 g/mol. The molecule has 0 spiro atoms. The van der Waals surface area contributed by atoms with Crippen LogP contribution in [-0.2, 0) is 17.6 Å². The van der Waals surface area contributed by atoms with Crippen molar-refractivity contribution in [1.82, 2.24) is 5.43 Å². The monoisotopic (exact) mass is 360 g/mol. The number of thioether (sulfide) groups is 1. The molecule has 26 heavy (non-hydrogen) atoms. The average molecular weight is 360 g/mol. The van der Waals surface area contributed by atoms with Gasteiger partial charge in [-0.05, 0) is 46.9 Å². The third kappa shape index (κ3) is 3.65. The van der Waals surface area contributed by atoms with Crippen molar-refractivity contribution in [3.63, 3.8) is 0 Å². The Morgan fingerprint density at radius 1 is 1.00 bits per heavy atom. The number of nitrogens with one attached hydrogen (secondary N) is 1. The highest BCUT2D eigenvalue weighted by Gasteiger charge is 2.14. The van der Waals surface area contributed by atoms with Crippen molar-refractivity contribution >= 4 is 34.7 Å².